The van der Waals surface area contributed by atoms with E-state index in [1.807, 2.05) is 11.3 Å². The van der Waals surface area contributed by atoms with Gasteiger partial charge >= 0.3 is 5.97 Å². The van der Waals surface area contributed by atoms with Gasteiger partial charge in [0, 0.05) is 24.4 Å². The van der Waals surface area contributed by atoms with Crippen molar-refractivity contribution in [2.75, 3.05) is 0 Å². The number of fused-ring (bicyclic) bond motifs is 5. The molecular formula is C25H33NO2S. The van der Waals surface area contributed by atoms with Gasteiger partial charge in [-0.25, -0.2) is 4.98 Å². The van der Waals surface area contributed by atoms with Gasteiger partial charge in [-0.3, -0.25) is 4.79 Å². The van der Waals surface area contributed by atoms with Crippen LogP contribution in [-0.2, 0) is 9.53 Å². The maximum atomic E-state index is 11.4. The Morgan fingerprint density at radius 3 is 2.66 bits per heavy atom. The van der Waals surface area contributed by atoms with Gasteiger partial charge in [-0.05, 0) is 79.6 Å². The Kier molecular flexibility index (Phi) is 4.58. The molecular weight excluding hydrogens is 378 g/mol. The van der Waals surface area contributed by atoms with Crippen molar-refractivity contribution < 1.29 is 9.53 Å². The smallest absolute Gasteiger partial charge is 0.302 e. The van der Waals surface area contributed by atoms with Crippen LogP contribution in [0, 0.1) is 35.5 Å². The number of carbonyl (C=O) groups excluding carboxylic acids is 1. The number of nitrogens with zero attached hydrogens (tertiary/aromatic N) is 1. The highest BCUT2D eigenvalue weighted by Gasteiger charge is 2.57. The van der Waals surface area contributed by atoms with Gasteiger partial charge in [0.1, 0.15) is 11.1 Å². The van der Waals surface area contributed by atoms with Crippen molar-refractivity contribution >= 4 is 22.9 Å². The van der Waals surface area contributed by atoms with Crippen LogP contribution in [0.15, 0.2) is 23.1 Å². The fourth-order valence-corrected chi connectivity index (χ4v) is 8.31. The van der Waals surface area contributed by atoms with Gasteiger partial charge in [0.15, 0.2) is 0 Å². The third kappa shape index (κ3) is 2.97. The lowest BCUT2D eigenvalue weighted by Crippen LogP contribution is -2.50. The quantitative estimate of drug-likeness (QED) is 0.421. The van der Waals surface area contributed by atoms with E-state index in [4.69, 9.17) is 9.72 Å². The highest BCUT2D eigenvalue weighted by molar-refractivity contribution is 7.10. The molecule has 0 amide bonds. The summed E-state index contributed by atoms with van der Waals surface area (Å²) in [5, 5.41) is 3.45. The molecule has 6 atom stereocenters. The van der Waals surface area contributed by atoms with Crippen molar-refractivity contribution in [1.29, 1.82) is 0 Å². The number of ether oxygens (including phenoxy) is 1. The number of hydrogen-bond acceptors (Lipinski definition) is 4. The minimum atomic E-state index is -0.136. The molecule has 0 spiro atoms. The van der Waals surface area contributed by atoms with Gasteiger partial charge in [-0.15, -0.1) is 11.3 Å². The molecule has 0 aromatic carbocycles. The van der Waals surface area contributed by atoms with E-state index in [0.717, 1.165) is 42.7 Å². The van der Waals surface area contributed by atoms with Gasteiger partial charge in [0.2, 0.25) is 0 Å². The number of aryl methyl sites for hydroxylation is 1. The number of allylic oxidation sites excluding steroid dienone is 3. The summed E-state index contributed by atoms with van der Waals surface area (Å²) in [6, 6.07) is 0. The first-order valence-electron chi connectivity index (χ1n) is 11.3. The lowest BCUT2D eigenvalue weighted by molar-refractivity contribution is -0.148. The van der Waals surface area contributed by atoms with E-state index in [1.165, 1.54) is 43.2 Å². The molecule has 156 valence electrons. The monoisotopic (exact) mass is 411 g/mol. The van der Waals surface area contributed by atoms with Crippen LogP contribution in [0.1, 0.15) is 76.4 Å². The SMILES string of the molecule is CC(=O)O[C@H]1CC[C@@]2(C)C(=CC[C@@H]3[C@@H]2CC[C@]2(C)C(c4nc(C)cs4)=CC[C@@H]32)C1. The Labute approximate surface area is 178 Å². The lowest BCUT2D eigenvalue weighted by atomic mass is 9.47. The van der Waals surface area contributed by atoms with Crippen LogP contribution in [0.25, 0.3) is 5.57 Å². The van der Waals surface area contributed by atoms with Crippen LogP contribution in [0.2, 0.25) is 0 Å². The van der Waals surface area contributed by atoms with Crippen LogP contribution >= 0.6 is 11.3 Å². The molecule has 0 saturated heterocycles. The largest absolute Gasteiger partial charge is 0.462 e. The number of esters is 1. The van der Waals surface area contributed by atoms with Crippen molar-refractivity contribution in [2.24, 2.45) is 28.6 Å². The second-order valence-electron chi connectivity index (χ2n) is 10.3. The van der Waals surface area contributed by atoms with Gasteiger partial charge in [0.25, 0.3) is 0 Å². The third-order valence-electron chi connectivity index (χ3n) is 8.82. The number of rotatable bonds is 2. The summed E-state index contributed by atoms with van der Waals surface area (Å²) >= 11 is 1.82. The van der Waals surface area contributed by atoms with Crippen molar-refractivity contribution in [3.05, 3.63) is 33.8 Å². The molecule has 0 bridgehead atoms. The number of thiazole rings is 1. The molecule has 0 N–H and O–H groups in total. The van der Waals surface area contributed by atoms with Crippen LogP contribution in [-0.4, -0.2) is 17.1 Å². The normalized spacial score (nSPS) is 41.0. The first kappa shape index (κ1) is 19.5. The van der Waals surface area contributed by atoms with Crippen molar-refractivity contribution in [2.45, 2.75) is 78.7 Å². The van der Waals surface area contributed by atoms with Crippen molar-refractivity contribution in [1.82, 2.24) is 4.98 Å². The molecule has 3 nitrogen and oxygen atoms in total. The highest BCUT2D eigenvalue weighted by Crippen LogP contribution is 2.66. The van der Waals surface area contributed by atoms with Gasteiger partial charge in [0.05, 0.1) is 0 Å². The summed E-state index contributed by atoms with van der Waals surface area (Å²) in [6.45, 7) is 8.67. The zero-order valence-electron chi connectivity index (χ0n) is 18.2. The molecule has 4 heteroatoms. The highest BCUT2D eigenvalue weighted by atomic mass is 32.1. The lowest BCUT2D eigenvalue weighted by Gasteiger charge is -2.57. The van der Waals surface area contributed by atoms with E-state index in [9.17, 15) is 4.79 Å². The van der Waals surface area contributed by atoms with E-state index in [2.05, 4.69) is 38.3 Å². The van der Waals surface area contributed by atoms with Gasteiger partial charge in [-0.2, -0.15) is 0 Å². The Balaban J connectivity index is 1.41. The van der Waals surface area contributed by atoms with Crippen LogP contribution in [0.5, 0.6) is 0 Å². The Bertz CT molecular complexity index is 898. The van der Waals surface area contributed by atoms with Crippen LogP contribution in [0.3, 0.4) is 0 Å². The fourth-order valence-electron chi connectivity index (χ4n) is 7.34. The molecule has 2 fully saturated rings. The zero-order chi connectivity index (χ0) is 20.4. The molecule has 0 unspecified atom stereocenters. The van der Waals surface area contributed by atoms with E-state index < -0.39 is 0 Å². The molecule has 5 rings (SSSR count). The third-order valence-corrected chi connectivity index (χ3v) is 9.81. The molecule has 1 heterocycles. The van der Waals surface area contributed by atoms with Crippen molar-refractivity contribution in [3.63, 3.8) is 0 Å². The Hall–Kier alpha value is -1.42. The molecule has 0 aliphatic heterocycles. The second kappa shape index (κ2) is 6.80. The first-order chi connectivity index (χ1) is 13.8. The number of carbonyl (C=O) groups is 1. The second-order valence-corrected chi connectivity index (χ2v) is 11.2. The maximum Gasteiger partial charge on any atom is 0.302 e. The van der Waals surface area contributed by atoms with E-state index in [1.54, 1.807) is 5.57 Å². The molecule has 4 aliphatic carbocycles. The van der Waals surface area contributed by atoms with Gasteiger partial charge in [-0.1, -0.05) is 31.6 Å². The Morgan fingerprint density at radius 2 is 1.93 bits per heavy atom. The topological polar surface area (TPSA) is 39.2 Å². The molecule has 0 radical (unpaired) electrons. The standard InChI is InChI=1S/C25H33NO2S/c1-15-14-29-23(26-15)22-8-7-20-19-6-5-17-13-18(28-16(2)27)9-11-24(17,3)21(19)10-12-25(20,22)4/h5,8,14,18-21H,6-7,9-13H2,1-4H3/t18-,19-,20-,21-,24-,25-/m0/s1. The molecule has 2 saturated carbocycles. The summed E-state index contributed by atoms with van der Waals surface area (Å²) in [6.07, 6.45) is 13.3. The van der Waals surface area contributed by atoms with E-state index in [0.29, 0.717) is 5.41 Å². The predicted molar refractivity (Wildman–Crippen MR) is 117 cm³/mol. The maximum absolute atomic E-state index is 11.4. The zero-order valence-corrected chi connectivity index (χ0v) is 19.0. The summed E-state index contributed by atoms with van der Waals surface area (Å²) < 4.78 is 5.58. The number of hydrogen-bond donors (Lipinski definition) is 0. The van der Waals surface area contributed by atoms with Gasteiger partial charge < -0.3 is 4.74 Å². The van der Waals surface area contributed by atoms with Crippen LogP contribution in [0.4, 0.5) is 0 Å². The fraction of sp³-hybridized carbons (Fsp3) is 0.680. The molecule has 29 heavy (non-hydrogen) atoms. The number of aromatic nitrogens is 1. The average Bonchev–Trinajstić information content (AvgIpc) is 3.24. The van der Waals surface area contributed by atoms with Crippen molar-refractivity contribution in [3.8, 4) is 0 Å². The average molecular weight is 412 g/mol. The minimum Gasteiger partial charge on any atom is -0.462 e. The summed E-state index contributed by atoms with van der Waals surface area (Å²) in [4.78, 5) is 16.3. The summed E-state index contributed by atoms with van der Waals surface area (Å²) in [7, 11) is 0. The molecule has 1 aromatic rings. The summed E-state index contributed by atoms with van der Waals surface area (Å²) in [5.74, 6) is 2.14. The van der Waals surface area contributed by atoms with E-state index in [-0.39, 0.29) is 17.5 Å². The summed E-state index contributed by atoms with van der Waals surface area (Å²) in [5.41, 5.74) is 4.82. The molecule has 4 aliphatic rings. The van der Waals surface area contributed by atoms with E-state index >= 15 is 0 Å². The Morgan fingerprint density at radius 1 is 1.14 bits per heavy atom. The predicted octanol–water partition coefficient (Wildman–Crippen LogP) is 6.34. The first-order valence-corrected chi connectivity index (χ1v) is 12.2. The molecule has 1 aromatic heterocycles. The minimum absolute atomic E-state index is 0.0881. The van der Waals surface area contributed by atoms with Crippen LogP contribution < -0.4 is 0 Å².